The molecule has 1 aromatic carbocycles. The summed E-state index contributed by atoms with van der Waals surface area (Å²) in [5.74, 6) is 0. The summed E-state index contributed by atoms with van der Waals surface area (Å²) in [7, 11) is 0. The smallest absolute Gasteiger partial charge is 0.0476 e. The van der Waals surface area contributed by atoms with Gasteiger partial charge in [0.1, 0.15) is 0 Å². The van der Waals surface area contributed by atoms with Gasteiger partial charge in [-0.25, -0.2) is 0 Å². The van der Waals surface area contributed by atoms with E-state index < -0.39 is 0 Å². The molecule has 2 rings (SSSR count). The first-order valence-corrected chi connectivity index (χ1v) is 7.37. The van der Waals surface area contributed by atoms with Gasteiger partial charge in [0.15, 0.2) is 0 Å². The number of likely N-dealkylation sites (N-methyl/N-ethyl adjacent to an activating group) is 1. The van der Waals surface area contributed by atoms with Crippen LogP contribution in [0.25, 0.3) is 0 Å². The van der Waals surface area contributed by atoms with E-state index in [-0.39, 0.29) is 0 Å². The maximum atomic E-state index is 4.06. The zero-order valence-electron chi connectivity index (χ0n) is 12.2. The first-order chi connectivity index (χ1) is 9.20. The molecule has 1 saturated carbocycles. The lowest BCUT2D eigenvalue weighted by molar-refractivity contribution is 0.219. The number of nitrogens with one attached hydrogen (secondary N) is 1. The van der Waals surface area contributed by atoms with Gasteiger partial charge in [-0.15, -0.1) is 0 Å². The predicted octanol–water partition coefficient (Wildman–Crippen LogP) is 3.38. The van der Waals surface area contributed by atoms with Crippen molar-refractivity contribution in [3.05, 3.63) is 48.0 Å². The van der Waals surface area contributed by atoms with Crippen LogP contribution in [0.2, 0.25) is 0 Å². The van der Waals surface area contributed by atoms with Crippen molar-refractivity contribution in [1.82, 2.24) is 10.2 Å². The van der Waals surface area contributed by atoms with Crippen molar-refractivity contribution in [2.24, 2.45) is 0 Å². The highest BCUT2D eigenvalue weighted by molar-refractivity contribution is 5.20. The van der Waals surface area contributed by atoms with Gasteiger partial charge in [0.25, 0.3) is 0 Å². The first-order valence-electron chi connectivity index (χ1n) is 7.37. The summed E-state index contributed by atoms with van der Waals surface area (Å²) in [6.07, 6.45) is 2.68. The molecule has 0 radical (unpaired) electrons. The quantitative estimate of drug-likeness (QED) is 0.719. The van der Waals surface area contributed by atoms with E-state index in [0.29, 0.717) is 6.04 Å². The Bertz CT molecular complexity index is 395. The summed E-state index contributed by atoms with van der Waals surface area (Å²) >= 11 is 0. The van der Waals surface area contributed by atoms with Crippen molar-refractivity contribution < 1.29 is 0 Å². The molecule has 0 aliphatic heterocycles. The van der Waals surface area contributed by atoms with E-state index in [2.05, 4.69) is 61.0 Å². The van der Waals surface area contributed by atoms with Crippen molar-refractivity contribution in [1.29, 1.82) is 0 Å². The number of rotatable bonds is 8. The summed E-state index contributed by atoms with van der Waals surface area (Å²) in [6, 6.07) is 12.0. The third-order valence-corrected chi connectivity index (χ3v) is 3.68. The molecule has 0 spiro atoms. The fourth-order valence-electron chi connectivity index (χ4n) is 2.49. The first kappa shape index (κ1) is 14.3. The van der Waals surface area contributed by atoms with Gasteiger partial charge in [0, 0.05) is 25.2 Å². The minimum Gasteiger partial charge on any atom is -0.312 e. The van der Waals surface area contributed by atoms with E-state index in [4.69, 9.17) is 0 Å². The normalized spacial score (nSPS) is 16.6. The van der Waals surface area contributed by atoms with E-state index in [0.717, 1.165) is 25.7 Å². The largest absolute Gasteiger partial charge is 0.312 e. The molecule has 2 heteroatoms. The second-order valence-corrected chi connectivity index (χ2v) is 5.63. The Kier molecular flexibility index (Phi) is 5.17. The second kappa shape index (κ2) is 6.88. The van der Waals surface area contributed by atoms with Crippen LogP contribution >= 0.6 is 0 Å². The molecule has 0 saturated heterocycles. The number of nitrogens with zero attached hydrogens (tertiary/aromatic N) is 1. The molecule has 1 aliphatic carbocycles. The molecule has 0 aromatic heterocycles. The van der Waals surface area contributed by atoms with Crippen LogP contribution in [0.15, 0.2) is 42.5 Å². The molecule has 1 atom stereocenters. The maximum Gasteiger partial charge on any atom is 0.0476 e. The van der Waals surface area contributed by atoms with Gasteiger partial charge >= 0.3 is 0 Å². The van der Waals surface area contributed by atoms with Gasteiger partial charge in [0.05, 0.1) is 0 Å². The Balaban J connectivity index is 2.08. The van der Waals surface area contributed by atoms with Crippen LogP contribution in [0.1, 0.15) is 38.3 Å². The predicted molar refractivity (Wildman–Crippen MR) is 82.3 cm³/mol. The lowest BCUT2D eigenvalue weighted by atomic mass is 10.0. The second-order valence-electron chi connectivity index (χ2n) is 5.63. The molecule has 1 unspecified atom stereocenters. The van der Waals surface area contributed by atoms with Crippen molar-refractivity contribution >= 4 is 0 Å². The van der Waals surface area contributed by atoms with Crippen molar-refractivity contribution in [3.63, 3.8) is 0 Å². The van der Waals surface area contributed by atoms with Gasteiger partial charge in [-0.05, 0) is 31.9 Å². The van der Waals surface area contributed by atoms with Crippen molar-refractivity contribution in [2.75, 3.05) is 19.6 Å². The van der Waals surface area contributed by atoms with Gasteiger partial charge in [0.2, 0.25) is 0 Å². The van der Waals surface area contributed by atoms with Gasteiger partial charge in [-0.2, -0.15) is 0 Å². The Labute approximate surface area is 117 Å². The third kappa shape index (κ3) is 4.48. The standard InChI is InChI=1S/C17H26N2/c1-4-19(13-14(2)3)17(12-18-16-10-11-16)15-8-6-5-7-9-15/h5-9,16-18H,2,4,10-13H2,1,3H3. The summed E-state index contributed by atoms with van der Waals surface area (Å²) in [5, 5.41) is 3.67. The van der Waals surface area contributed by atoms with Gasteiger partial charge in [-0.3, -0.25) is 4.90 Å². The molecule has 0 amide bonds. The molecule has 19 heavy (non-hydrogen) atoms. The monoisotopic (exact) mass is 258 g/mol. The molecule has 2 nitrogen and oxygen atoms in total. The molecule has 1 N–H and O–H groups in total. The van der Waals surface area contributed by atoms with Crippen LogP contribution in [-0.2, 0) is 0 Å². The zero-order valence-corrected chi connectivity index (χ0v) is 12.2. The lowest BCUT2D eigenvalue weighted by Gasteiger charge is -2.31. The summed E-state index contributed by atoms with van der Waals surface area (Å²) in [4.78, 5) is 2.51. The Morgan fingerprint density at radius 2 is 2.05 bits per heavy atom. The molecule has 1 aromatic rings. The van der Waals surface area contributed by atoms with E-state index in [1.54, 1.807) is 0 Å². The number of benzene rings is 1. The molecule has 0 heterocycles. The van der Waals surface area contributed by atoms with Gasteiger partial charge < -0.3 is 5.32 Å². The molecule has 0 bridgehead atoms. The van der Waals surface area contributed by atoms with E-state index >= 15 is 0 Å². The Morgan fingerprint density at radius 3 is 2.58 bits per heavy atom. The number of hydrogen-bond donors (Lipinski definition) is 1. The topological polar surface area (TPSA) is 15.3 Å². The van der Waals surface area contributed by atoms with Gasteiger partial charge in [-0.1, -0.05) is 49.4 Å². The van der Waals surface area contributed by atoms with E-state index in [9.17, 15) is 0 Å². The summed E-state index contributed by atoms with van der Waals surface area (Å²) < 4.78 is 0. The minimum absolute atomic E-state index is 0.448. The van der Waals surface area contributed by atoms with Crippen molar-refractivity contribution in [2.45, 2.75) is 38.8 Å². The van der Waals surface area contributed by atoms with E-state index in [1.165, 1.54) is 24.0 Å². The van der Waals surface area contributed by atoms with E-state index in [1.807, 2.05) is 0 Å². The minimum atomic E-state index is 0.448. The summed E-state index contributed by atoms with van der Waals surface area (Å²) in [5.41, 5.74) is 2.63. The Hall–Kier alpha value is -1.12. The molecule has 104 valence electrons. The average Bonchev–Trinajstić information content (AvgIpc) is 3.22. The van der Waals surface area contributed by atoms with Crippen LogP contribution in [0, 0.1) is 0 Å². The van der Waals surface area contributed by atoms with Crippen LogP contribution in [0.3, 0.4) is 0 Å². The molecule has 1 fully saturated rings. The summed E-state index contributed by atoms with van der Waals surface area (Å²) in [6.45, 7) is 11.5. The Morgan fingerprint density at radius 1 is 1.37 bits per heavy atom. The van der Waals surface area contributed by atoms with Crippen LogP contribution < -0.4 is 5.32 Å². The fraction of sp³-hybridized carbons (Fsp3) is 0.529. The fourth-order valence-corrected chi connectivity index (χ4v) is 2.49. The third-order valence-electron chi connectivity index (χ3n) is 3.68. The number of hydrogen-bond acceptors (Lipinski definition) is 2. The highest BCUT2D eigenvalue weighted by Gasteiger charge is 2.24. The highest BCUT2D eigenvalue weighted by Crippen LogP contribution is 2.24. The van der Waals surface area contributed by atoms with Crippen LogP contribution in [0.4, 0.5) is 0 Å². The van der Waals surface area contributed by atoms with Crippen LogP contribution in [-0.4, -0.2) is 30.6 Å². The average molecular weight is 258 g/mol. The molecular formula is C17H26N2. The highest BCUT2D eigenvalue weighted by atomic mass is 15.2. The molecule has 1 aliphatic rings. The SMILES string of the molecule is C=C(C)CN(CC)C(CNC1CC1)c1ccccc1. The zero-order chi connectivity index (χ0) is 13.7. The van der Waals surface area contributed by atoms with Crippen LogP contribution in [0.5, 0.6) is 0 Å². The maximum absolute atomic E-state index is 4.06. The van der Waals surface area contributed by atoms with Crippen molar-refractivity contribution in [3.8, 4) is 0 Å². The lowest BCUT2D eigenvalue weighted by Crippen LogP contribution is -2.37. The molecular weight excluding hydrogens is 232 g/mol.